The van der Waals surface area contributed by atoms with E-state index in [1.807, 2.05) is 14.1 Å². The highest BCUT2D eigenvalue weighted by atomic mass is 16.1. The Bertz CT molecular complexity index is 551. The monoisotopic (exact) mass is 327 g/mol. The van der Waals surface area contributed by atoms with Gasteiger partial charge in [0.2, 0.25) is 5.91 Å². The summed E-state index contributed by atoms with van der Waals surface area (Å²) in [5, 5.41) is 3.09. The summed E-state index contributed by atoms with van der Waals surface area (Å²) >= 11 is 0. The number of nitrogens with one attached hydrogen (secondary N) is 1. The molecule has 1 heterocycles. The normalized spacial score (nSPS) is 15.7. The van der Waals surface area contributed by atoms with Crippen LogP contribution >= 0.6 is 0 Å². The van der Waals surface area contributed by atoms with Crippen LogP contribution in [-0.4, -0.2) is 51.1 Å². The number of amides is 1. The molecule has 1 aromatic rings. The van der Waals surface area contributed by atoms with Crippen LogP contribution < -0.4 is 10.2 Å². The van der Waals surface area contributed by atoms with Crippen LogP contribution in [0.5, 0.6) is 0 Å². The van der Waals surface area contributed by atoms with E-state index in [4.69, 9.17) is 6.42 Å². The van der Waals surface area contributed by atoms with Gasteiger partial charge in [0.05, 0.1) is 6.54 Å². The van der Waals surface area contributed by atoms with Crippen LogP contribution in [-0.2, 0) is 11.2 Å². The number of hydrogen-bond donors (Lipinski definition) is 1. The molecule has 1 saturated heterocycles. The van der Waals surface area contributed by atoms with Crippen molar-refractivity contribution in [2.24, 2.45) is 5.92 Å². The van der Waals surface area contributed by atoms with E-state index < -0.39 is 0 Å². The van der Waals surface area contributed by atoms with Gasteiger partial charge in [-0.25, -0.2) is 0 Å². The molecule has 130 valence electrons. The number of carbonyl (C=O) groups excluding carboxylic acids is 1. The molecule has 0 bridgehead atoms. The second-order valence-corrected chi connectivity index (χ2v) is 6.71. The van der Waals surface area contributed by atoms with Crippen LogP contribution in [0.4, 0.5) is 5.69 Å². The van der Waals surface area contributed by atoms with Crippen molar-refractivity contribution in [1.29, 1.82) is 0 Å². The lowest BCUT2D eigenvalue weighted by Crippen LogP contribution is -2.40. The molecule has 0 saturated carbocycles. The second kappa shape index (κ2) is 9.34. The molecule has 0 radical (unpaired) electrons. The van der Waals surface area contributed by atoms with Gasteiger partial charge in [-0.05, 0) is 56.5 Å². The Morgan fingerprint density at radius 1 is 1.29 bits per heavy atom. The average Bonchev–Trinajstić information content (AvgIpc) is 2.60. The molecule has 4 nitrogen and oxygen atoms in total. The van der Waals surface area contributed by atoms with Gasteiger partial charge < -0.3 is 10.2 Å². The number of benzene rings is 1. The van der Waals surface area contributed by atoms with Gasteiger partial charge in [0, 0.05) is 32.2 Å². The Labute approximate surface area is 146 Å². The first-order valence-electron chi connectivity index (χ1n) is 8.80. The minimum absolute atomic E-state index is 0.151. The van der Waals surface area contributed by atoms with Gasteiger partial charge in [-0.2, -0.15) is 0 Å². The number of anilines is 1. The fourth-order valence-corrected chi connectivity index (χ4v) is 3.09. The van der Waals surface area contributed by atoms with E-state index in [-0.39, 0.29) is 11.8 Å². The Hall–Kier alpha value is -1.99. The highest BCUT2D eigenvalue weighted by molar-refractivity contribution is 5.78. The van der Waals surface area contributed by atoms with Gasteiger partial charge in [0.15, 0.2) is 0 Å². The molecule has 4 heteroatoms. The SMILES string of the molecule is C#CCN1CCC(C(=O)NCCCc2ccc(N(C)C)cc2)CC1. The number of likely N-dealkylation sites (tertiary alicyclic amines) is 1. The van der Waals surface area contributed by atoms with E-state index in [1.165, 1.54) is 11.3 Å². The molecule has 1 fully saturated rings. The maximum atomic E-state index is 12.2. The molecule has 2 rings (SSSR count). The summed E-state index contributed by atoms with van der Waals surface area (Å²) in [6.07, 6.45) is 9.13. The third-order valence-corrected chi connectivity index (χ3v) is 4.67. The summed E-state index contributed by atoms with van der Waals surface area (Å²) in [7, 11) is 4.09. The summed E-state index contributed by atoms with van der Waals surface area (Å²) in [5.41, 5.74) is 2.53. The molecule has 24 heavy (non-hydrogen) atoms. The third kappa shape index (κ3) is 5.58. The number of piperidine rings is 1. The van der Waals surface area contributed by atoms with Crippen molar-refractivity contribution in [2.45, 2.75) is 25.7 Å². The van der Waals surface area contributed by atoms with Crippen molar-refractivity contribution in [2.75, 3.05) is 45.2 Å². The lowest BCUT2D eigenvalue weighted by Gasteiger charge is -2.29. The molecule has 0 aliphatic carbocycles. The molecule has 1 N–H and O–H groups in total. The van der Waals surface area contributed by atoms with E-state index in [9.17, 15) is 4.79 Å². The van der Waals surface area contributed by atoms with Crippen LogP contribution in [0.15, 0.2) is 24.3 Å². The van der Waals surface area contributed by atoms with Crippen molar-refractivity contribution in [3.63, 3.8) is 0 Å². The van der Waals surface area contributed by atoms with Crippen molar-refractivity contribution < 1.29 is 4.79 Å². The predicted octanol–water partition coefficient (Wildman–Crippen LogP) is 2.15. The second-order valence-electron chi connectivity index (χ2n) is 6.71. The Morgan fingerprint density at radius 3 is 2.54 bits per heavy atom. The smallest absolute Gasteiger partial charge is 0.223 e. The number of rotatable bonds is 7. The van der Waals surface area contributed by atoms with Gasteiger partial charge >= 0.3 is 0 Å². The van der Waals surface area contributed by atoms with Gasteiger partial charge in [-0.1, -0.05) is 18.1 Å². The predicted molar refractivity (Wildman–Crippen MR) is 100 cm³/mol. The van der Waals surface area contributed by atoms with Crippen molar-refractivity contribution in [3.05, 3.63) is 29.8 Å². The minimum Gasteiger partial charge on any atom is -0.378 e. The van der Waals surface area contributed by atoms with Gasteiger partial charge in [0.25, 0.3) is 0 Å². The molecule has 1 aliphatic rings. The first-order valence-corrected chi connectivity index (χ1v) is 8.80. The van der Waals surface area contributed by atoms with Crippen molar-refractivity contribution in [1.82, 2.24) is 10.2 Å². The number of carbonyl (C=O) groups is 1. The standard InChI is InChI=1S/C20H29N3O/c1-4-14-23-15-11-18(12-16-23)20(24)21-13-5-6-17-7-9-19(10-8-17)22(2)3/h1,7-10,18H,5-6,11-16H2,2-3H3,(H,21,24). The maximum absolute atomic E-state index is 12.2. The summed E-state index contributed by atoms with van der Waals surface area (Å²) in [6, 6.07) is 8.60. The largest absolute Gasteiger partial charge is 0.378 e. The van der Waals surface area contributed by atoms with Crippen molar-refractivity contribution in [3.8, 4) is 12.3 Å². The first kappa shape index (κ1) is 18.4. The summed E-state index contributed by atoms with van der Waals surface area (Å²) in [4.78, 5) is 16.6. The number of terminal acetylenes is 1. The van der Waals surface area contributed by atoms with Crippen molar-refractivity contribution >= 4 is 11.6 Å². The zero-order valence-electron chi connectivity index (χ0n) is 14.9. The average molecular weight is 327 g/mol. The zero-order chi connectivity index (χ0) is 17.4. The number of hydrogen-bond acceptors (Lipinski definition) is 3. The lowest BCUT2D eigenvalue weighted by atomic mass is 9.96. The number of nitrogens with zero attached hydrogens (tertiary/aromatic N) is 2. The zero-order valence-corrected chi connectivity index (χ0v) is 14.9. The van der Waals surface area contributed by atoms with E-state index in [1.54, 1.807) is 0 Å². The molecule has 0 atom stereocenters. The van der Waals surface area contributed by atoms with Crippen LogP contribution in [0, 0.1) is 18.3 Å². The van der Waals surface area contributed by atoms with Crippen LogP contribution in [0.1, 0.15) is 24.8 Å². The molecule has 0 spiro atoms. The molecule has 0 aromatic heterocycles. The summed E-state index contributed by atoms with van der Waals surface area (Å²) in [5.74, 6) is 3.03. The third-order valence-electron chi connectivity index (χ3n) is 4.67. The fraction of sp³-hybridized carbons (Fsp3) is 0.550. The van der Waals surface area contributed by atoms with E-state index in [2.05, 4.69) is 45.3 Å². The first-order chi connectivity index (χ1) is 11.6. The van der Waals surface area contributed by atoms with Crippen LogP contribution in [0.25, 0.3) is 0 Å². The van der Waals surface area contributed by atoms with Crippen LogP contribution in [0.3, 0.4) is 0 Å². The summed E-state index contributed by atoms with van der Waals surface area (Å²) < 4.78 is 0. The summed E-state index contributed by atoms with van der Waals surface area (Å²) in [6.45, 7) is 3.31. The van der Waals surface area contributed by atoms with Gasteiger partial charge in [-0.3, -0.25) is 9.69 Å². The Balaban J connectivity index is 1.63. The molecule has 1 aromatic carbocycles. The fourth-order valence-electron chi connectivity index (χ4n) is 3.09. The highest BCUT2D eigenvalue weighted by Gasteiger charge is 2.23. The van der Waals surface area contributed by atoms with E-state index in [0.717, 1.165) is 45.3 Å². The highest BCUT2D eigenvalue weighted by Crippen LogP contribution is 2.17. The topological polar surface area (TPSA) is 35.6 Å². The molecule has 1 aliphatic heterocycles. The molecular weight excluding hydrogens is 298 g/mol. The maximum Gasteiger partial charge on any atom is 0.223 e. The van der Waals surface area contributed by atoms with Crippen LogP contribution in [0.2, 0.25) is 0 Å². The Kier molecular flexibility index (Phi) is 7.14. The van der Waals surface area contributed by atoms with Gasteiger partial charge in [0.1, 0.15) is 0 Å². The Morgan fingerprint density at radius 2 is 1.96 bits per heavy atom. The molecule has 1 amide bonds. The number of aryl methyl sites for hydroxylation is 1. The quantitative estimate of drug-likeness (QED) is 0.616. The minimum atomic E-state index is 0.151. The van der Waals surface area contributed by atoms with Gasteiger partial charge in [-0.15, -0.1) is 6.42 Å². The molecular formula is C20H29N3O. The lowest BCUT2D eigenvalue weighted by molar-refractivity contribution is -0.126. The van der Waals surface area contributed by atoms with E-state index >= 15 is 0 Å². The molecule has 0 unspecified atom stereocenters. The van der Waals surface area contributed by atoms with E-state index in [0.29, 0.717) is 6.54 Å².